The summed E-state index contributed by atoms with van der Waals surface area (Å²) in [4.78, 5) is 28.7. The second kappa shape index (κ2) is 11.7. The smallest absolute Gasteiger partial charge is 0.409 e. The van der Waals surface area contributed by atoms with E-state index in [0.29, 0.717) is 44.4 Å². The number of carbonyl (C=O) groups excluding carboxylic acids is 1. The topological polar surface area (TPSA) is 121 Å². The van der Waals surface area contributed by atoms with Gasteiger partial charge < -0.3 is 25.6 Å². The number of anilines is 1. The van der Waals surface area contributed by atoms with E-state index < -0.39 is 4.92 Å². The molecule has 1 heterocycles. The summed E-state index contributed by atoms with van der Waals surface area (Å²) in [7, 11) is 0. The van der Waals surface area contributed by atoms with E-state index in [9.17, 15) is 14.9 Å². The minimum Gasteiger partial charge on any atom is -0.450 e. The van der Waals surface area contributed by atoms with Gasteiger partial charge in [-0.15, -0.1) is 0 Å². The maximum Gasteiger partial charge on any atom is 0.409 e. The first kappa shape index (κ1) is 22.3. The summed E-state index contributed by atoms with van der Waals surface area (Å²) in [6.07, 6.45) is 1.38. The number of rotatable bonds is 8. The van der Waals surface area contributed by atoms with Crippen molar-refractivity contribution in [3.8, 4) is 0 Å². The molecule has 0 radical (unpaired) electrons. The highest BCUT2D eigenvalue weighted by molar-refractivity contribution is 5.80. The molecular formula is C19H30N6O4. The molecule has 0 bridgehead atoms. The van der Waals surface area contributed by atoms with Gasteiger partial charge in [0.25, 0.3) is 5.69 Å². The van der Waals surface area contributed by atoms with E-state index in [1.54, 1.807) is 30.0 Å². The average Bonchev–Trinajstić information content (AvgIpc) is 2.72. The number of piperidine rings is 1. The Morgan fingerprint density at radius 3 is 2.69 bits per heavy atom. The Labute approximate surface area is 170 Å². The Hall–Kier alpha value is -3.04. The van der Waals surface area contributed by atoms with Crippen LogP contribution in [-0.4, -0.2) is 67.2 Å². The summed E-state index contributed by atoms with van der Waals surface area (Å²) < 4.78 is 5.04. The van der Waals surface area contributed by atoms with Gasteiger partial charge in [-0.2, -0.15) is 0 Å². The molecule has 3 N–H and O–H groups in total. The molecule has 1 aliphatic heterocycles. The summed E-state index contributed by atoms with van der Waals surface area (Å²) in [6, 6.07) is 6.78. The van der Waals surface area contributed by atoms with Crippen LogP contribution >= 0.6 is 0 Å². The highest BCUT2D eigenvalue weighted by Crippen LogP contribution is 2.22. The second-order valence-electron chi connectivity index (χ2n) is 6.57. The van der Waals surface area contributed by atoms with Crippen LogP contribution in [-0.2, 0) is 4.74 Å². The lowest BCUT2D eigenvalue weighted by molar-refractivity contribution is -0.384. The first-order valence-electron chi connectivity index (χ1n) is 9.99. The molecule has 160 valence electrons. The molecule has 1 aliphatic rings. The van der Waals surface area contributed by atoms with E-state index in [1.807, 2.05) is 6.92 Å². The number of likely N-dealkylation sites (tertiary alicyclic amines) is 1. The van der Waals surface area contributed by atoms with Gasteiger partial charge in [-0.25, -0.2) is 4.79 Å². The third-order valence-corrected chi connectivity index (χ3v) is 4.50. The molecule has 0 aromatic heterocycles. The molecule has 1 aromatic carbocycles. The lowest BCUT2D eigenvalue weighted by atomic mass is 10.1. The lowest BCUT2D eigenvalue weighted by Crippen LogP contribution is -2.50. The van der Waals surface area contributed by atoms with Crippen LogP contribution in [0.5, 0.6) is 0 Å². The first-order valence-corrected chi connectivity index (χ1v) is 9.99. The monoisotopic (exact) mass is 406 g/mol. The van der Waals surface area contributed by atoms with Gasteiger partial charge in [0.1, 0.15) is 5.69 Å². The molecule has 0 unspecified atom stereocenters. The minimum absolute atomic E-state index is 0.0508. The molecule has 0 aliphatic carbocycles. The standard InChI is InChI=1S/C19H30N6O4/c1-3-20-18(23-15-9-13-24(14-10-15)19(26)29-4-2)22-12-11-21-16-7-5-6-8-17(16)25(27)28/h5-8,15,21H,3-4,9-14H2,1-2H3,(H2,20,22,23). The zero-order valence-electron chi connectivity index (χ0n) is 17.0. The molecule has 10 heteroatoms. The third-order valence-electron chi connectivity index (χ3n) is 4.50. The van der Waals surface area contributed by atoms with E-state index in [1.165, 1.54) is 6.07 Å². The van der Waals surface area contributed by atoms with Gasteiger partial charge in [-0.05, 0) is 32.8 Å². The number of nitrogens with one attached hydrogen (secondary N) is 3. The van der Waals surface area contributed by atoms with Crippen molar-refractivity contribution in [3.05, 3.63) is 34.4 Å². The van der Waals surface area contributed by atoms with Gasteiger partial charge in [0.05, 0.1) is 18.1 Å². The van der Waals surface area contributed by atoms with E-state index in [0.717, 1.165) is 19.4 Å². The van der Waals surface area contributed by atoms with Crippen molar-refractivity contribution in [3.63, 3.8) is 0 Å². The van der Waals surface area contributed by atoms with Crippen molar-refractivity contribution < 1.29 is 14.5 Å². The van der Waals surface area contributed by atoms with Gasteiger partial charge in [0.2, 0.25) is 0 Å². The summed E-state index contributed by atoms with van der Waals surface area (Å²) in [6.45, 7) is 7.14. The molecule has 0 saturated carbocycles. The lowest BCUT2D eigenvalue weighted by Gasteiger charge is -2.32. The normalized spacial score (nSPS) is 15.0. The largest absolute Gasteiger partial charge is 0.450 e. The molecule has 1 saturated heterocycles. The zero-order chi connectivity index (χ0) is 21.1. The average molecular weight is 406 g/mol. The number of benzene rings is 1. The Morgan fingerprint density at radius 2 is 2.03 bits per heavy atom. The Kier molecular flexibility index (Phi) is 9.00. The van der Waals surface area contributed by atoms with Gasteiger partial charge in [-0.3, -0.25) is 15.1 Å². The summed E-state index contributed by atoms with van der Waals surface area (Å²) in [5, 5.41) is 20.7. The fourth-order valence-electron chi connectivity index (χ4n) is 3.08. The predicted molar refractivity (Wildman–Crippen MR) is 112 cm³/mol. The summed E-state index contributed by atoms with van der Waals surface area (Å²) in [5.74, 6) is 0.700. The van der Waals surface area contributed by atoms with Crippen molar-refractivity contribution in [2.75, 3.05) is 44.6 Å². The van der Waals surface area contributed by atoms with E-state index in [2.05, 4.69) is 20.9 Å². The zero-order valence-corrected chi connectivity index (χ0v) is 17.0. The van der Waals surface area contributed by atoms with E-state index >= 15 is 0 Å². The first-order chi connectivity index (χ1) is 14.0. The van der Waals surface area contributed by atoms with Crippen LogP contribution in [0.25, 0.3) is 0 Å². The maximum absolute atomic E-state index is 11.8. The van der Waals surface area contributed by atoms with Gasteiger partial charge in [0, 0.05) is 38.3 Å². The SMILES string of the molecule is CCNC(=NCCNc1ccccc1[N+](=O)[O-])NC1CCN(C(=O)OCC)CC1. The molecule has 29 heavy (non-hydrogen) atoms. The number of nitro groups is 1. The van der Waals surface area contributed by atoms with Crippen LogP contribution in [0.2, 0.25) is 0 Å². The van der Waals surface area contributed by atoms with Gasteiger partial charge >= 0.3 is 6.09 Å². The van der Waals surface area contributed by atoms with Gasteiger partial charge in [0.15, 0.2) is 5.96 Å². The number of ether oxygens (including phenoxy) is 1. The number of aliphatic imine (C=N–C) groups is 1. The second-order valence-corrected chi connectivity index (χ2v) is 6.57. The number of carbonyl (C=O) groups is 1. The van der Waals surface area contributed by atoms with Crippen molar-refractivity contribution in [1.29, 1.82) is 0 Å². The third kappa shape index (κ3) is 7.13. The van der Waals surface area contributed by atoms with Crippen LogP contribution in [0.15, 0.2) is 29.3 Å². The van der Waals surface area contributed by atoms with Crippen LogP contribution < -0.4 is 16.0 Å². The highest BCUT2D eigenvalue weighted by Gasteiger charge is 2.24. The Balaban J connectivity index is 1.81. The highest BCUT2D eigenvalue weighted by atomic mass is 16.6. The molecule has 1 aromatic rings. The van der Waals surface area contributed by atoms with Crippen molar-refractivity contribution in [1.82, 2.24) is 15.5 Å². The maximum atomic E-state index is 11.8. The number of amides is 1. The fraction of sp³-hybridized carbons (Fsp3) is 0.579. The molecular weight excluding hydrogens is 376 g/mol. The fourth-order valence-corrected chi connectivity index (χ4v) is 3.08. The number of hydrogen-bond acceptors (Lipinski definition) is 6. The summed E-state index contributed by atoms with van der Waals surface area (Å²) in [5.41, 5.74) is 0.534. The van der Waals surface area contributed by atoms with Crippen molar-refractivity contribution in [2.24, 2.45) is 4.99 Å². The van der Waals surface area contributed by atoms with Crippen molar-refractivity contribution >= 4 is 23.4 Å². The molecule has 2 rings (SSSR count). The molecule has 0 atom stereocenters. The Morgan fingerprint density at radius 1 is 1.31 bits per heavy atom. The van der Waals surface area contributed by atoms with E-state index in [-0.39, 0.29) is 17.8 Å². The predicted octanol–water partition coefficient (Wildman–Crippen LogP) is 2.18. The molecule has 10 nitrogen and oxygen atoms in total. The summed E-state index contributed by atoms with van der Waals surface area (Å²) >= 11 is 0. The number of guanidine groups is 1. The van der Waals surface area contributed by atoms with Gasteiger partial charge in [-0.1, -0.05) is 12.1 Å². The van der Waals surface area contributed by atoms with Crippen LogP contribution in [0.4, 0.5) is 16.2 Å². The minimum atomic E-state index is -0.403. The van der Waals surface area contributed by atoms with E-state index in [4.69, 9.17) is 4.74 Å². The number of nitro benzene ring substituents is 1. The van der Waals surface area contributed by atoms with Crippen LogP contribution in [0.1, 0.15) is 26.7 Å². The Bertz CT molecular complexity index is 704. The van der Waals surface area contributed by atoms with Crippen molar-refractivity contribution in [2.45, 2.75) is 32.7 Å². The quantitative estimate of drug-likeness (QED) is 0.199. The number of nitrogens with zero attached hydrogens (tertiary/aromatic N) is 3. The molecule has 1 amide bonds. The van der Waals surface area contributed by atoms with Crippen LogP contribution in [0.3, 0.4) is 0 Å². The number of hydrogen-bond donors (Lipinski definition) is 3. The molecule has 0 spiro atoms. The molecule has 1 fully saturated rings. The van der Waals surface area contributed by atoms with Crippen LogP contribution in [0, 0.1) is 10.1 Å². The number of para-hydroxylation sites is 2.